The van der Waals surface area contributed by atoms with Crippen LogP contribution in [-0.2, 0) is 20.7 Å². The minimum Gasteiger partial charge on any atom is -0.361 e. The maximum Gasteiger partial charge on any atom is 0.231 e. The first-order valence-electron chi connectivity index (χ1n) is 10.8. The van der Waals surface area contributed by atoms with Crippen molar-refractivity contribution in [3.8, 4) is 0 Å². The molecule has 2 bridgehead atoms. The number of amides is 2. The number of benzene rings is 2. The SMILES string of the molecule is O=C(Nc1ccccc1Cl)C1C2C=CC3(CN(CCc4c[nH]c5ccccc45)C(=O)C13)O2. The summed E-state index contributed by atoms with van der Waals surface area (Å²) in [4.78, 5) is 31.7. The number of nitrogens with one attached hydrogen (secondary N) is 2. The number of likely N-dealkylation sites (tertiary alicyclic amines) is 1. The zero-order valence-corrected chi connectivity index (χ0v) is 18.0. The molecule has 2 N–H and O–H groups in total. The molecule has 2 saturated heterocycles. The largest absolute Gasteiger partial charge is 0.361 e. The van der Waals surface area contributed by atoms with E-state index in [1.165, 1.54) is 10.9 Å². The van der Waals surface area contributed by atoms with Gasteiger partial charge in [-0.1, -0.05) is 54.1 Å². The number of aromatic amines is 1. The smallest absolute Gasteiger partial charge is 0.231 e. The van der Waals surface area contributed by atoms with Crippen LogP contribution in [0.3, 0.4) is 0 Å². The Labute approximate surface area is 190 Å². The fourth-order valence-electron chi connectivity index (χ4n) is 5.44. The number of rotatable bonds is 5. The van der Waals surface area contributed by atoms with E-state index in [1.54, 1.807) is 12.1 Å². The fraction of sp³-hybridized carbons (Fsp3) is 0.280. The summed E-state index contributed by atoms with van der Waals surface area (Å²) >= 11 is 6.21. The third kappa shape index (κ3) is 2.90. The van der Waals surface area contributed by atoms with Crippen LogP contribution in [0.2, 0.25) is 5.02 Å². The molecule has 32 heavy (non-hydrogen) atoms. The highest BCUT2D eigenvalue weighted by molar-refractivity contribution is 6.33. The molecule has 0 saturated carbocycles. The second-order valence-corrected chi connectivity index (χ2v) is 9.15. The number of carbonyl (C=O) groups excluding carboxylic acids is 2. The van der Waals surface area contributed by atoms with Crippen LogP contribution in [0, 0.1) is 11.8 Å². The molecular formula is C25H22ClN3O3. The van der Waals surface area contributed by atoms with Gasteiger partial charge in [-0.05, 0) is 30.2 Å². The summed E-state index contributed by atoms with van der Waals surface area (Å²) < 4.78 is 6.22. The summed E-state index contributed by atoms with van der Waals surface area (Å²) in [6.07, 6.45) is 6.26. The predicted octanol–water partition coefficient (Wildman–Crippen LogP) is 3.78. The highest BCUT2D eigenvalue weighted by atomic mass is 35.5. The van der Waals surface area contributed by atoms with Crippen molar-refractivity contribution >= 4 is 40.0 Å². The van der Waals surface area contributed by atoms with Crippen LogP contribution in [0.5, 0.6) is 0 Å². The number of H-pyrrole nitrogens is 1. The van der Waals surface area contributed by atoms with Gasteiger partial charge in [0.1, 0.15) is 5.60 Å². The number of halogens is 1. The summed E-state index contributed by atoms with van der Waals surface area (Å²) in [6, 6.07) is 15.2. The van der Waals surface area contributed by atoms with Gasteiger partial charge in [-0.25, -0.2) is 0 Å². The molecule has 3 aliphatic heterocycles. The summed E-state index contributed by atoms with van der Waals surface area (Å²) in [5.74, 6) is -1.33. The third-order valence-corrected chi connectivity index (χ3v) is 7.27. The van der Waals surface area contributed by atoms with E-state index >= 15 is 0 Å². The van der Waals surface area contributed by atoms with Crippen molar-refractivity contribution < 1.29 is 14.3 Å². The van der Waals surface area contributed by atoms with Crippen LogP contribution < -0.4 is 5.32 Å². The van der Waals surface area contributed by atoms with Crippen molar-refractivity contribution in [1.29, 1.82) is 0 Å². The lowest BCUT2D eigenvalue weighted by Gasteiger charge is -2.23. The lowest BCUT2D eigenvalue weighted by Crippen LogP contribution is -2.41. The summed E-state index contributed by atoms with van der Waals surface area (Å²) in [7, 11) is 0. The van der Waals surface area contributed by atoms with E-state index in [0.717, 1.165) is 11.9 Å². The fourth-order valence-corrected chi connectivity index (χ4v) is 5.62. The molecule has 4 unspecified atom stereocenters. The van der Waals surface area contributed by atoms with Gasteiger partial charge in [-0.2, -0.15) is 0 Å². The number of ether oxygens (including phenoxy) is 1. The Hall–Kier alpha value is -3.09. The van der Waals surface area contributed by atoms with E-state index in [4.69, 9.17) is 16.3 Å². The number of nitrogens with zero attached hydrogens (tertiary/aromatic N) is 1. The molecule has 3 aromatic rings. The minimum atomic E-state index is -0.718. The third-order valence-electron chi connectivity index (χ3n) is 6.94. The number of carbonyl (C=O) groups is 2. The molecule has 0 aliphatic carbocycles. The van der Waals surface area contributed by atoms with Gasteiger partial charge in [0, 0.05) is 23.6 Å². The number of aromatic nitrogens is 1. The first-order valence-corrected chi connectivity index (χ1v) is 11.2. The molecule has 1 spiro atoms. The molecule has 2 amide bonds. The molecule has 2 aromatic carbocycles. The van der Waals surface area contributed by atoms with Crippen molar-refractivity contribution in [3.63, 3.8) is 0 Å². The Kier molecular flexibility index (Phi) is 4.42. The minimum absolute atomic E-state index is 0.0176. The van der Waals surface area contributed by atoms with Crippen LogP contribution in [0.1, 0.15) is 5.56 Å². The summed E-state index contributed by atoms with van der Waals surface area (Å²) in [5, 5.41) is 4.54. The molecule has 162 valence electrons. The van der Waals surface area contributed by atoms with Gasteiger partial charge in [0.15, 0.2) is 0 Å². The molecule has 6 nitrogen and oxygen atoms in total. The van der Waals surface area contributed by atoms with E-state index in [-0.39, 0.29) is 17.9 Å². The maximum atomic E-state index is 13.4. The van der Waals surface area contributed by atoms with Crippen LogP contribution in [-0.4, -0.2) is 46.5 Å². The maximum absolute atomic E-state index is 13.4. The molecule has 4 heterocycles. The molecule has 2 fully saturated rings. The average molecular weight is 448 g/mol. The van der Waals surface area contributed by atoms with Crippen molar-refractivity contribution in [2.75, 3.05) is 18.4 Å². The van der Waals surface area contributed by atoms with Crippen molar-refractivity contribution in [3.05, 3.63) is 77.5 Å². The number of para-hydroxylation sites is 2. The Morgan fingerprint density at radius 3 is 2.91 bits per heavy atom. The van der Waals surface area contributed by atoms with Crippen LogP contribution in [0.25, 0.3) is 10.9 Å². The highest BCUT2D eigenvalue weighted by Crippen LogP contribution is 2.52. The van der Waals surface area contributed by atoms with Crippen LogP contribution in [0.15, 0.2) is 66.9 Å². The predicted molar refractivity (Wildman–Crippen MR) is 122 cm³/mol. The quantitative estimate of drug-likeness (QED) is 0.584. The topological polar surface area (TPSA) is 74.4 Å². The van der Waals surface area contributed by atoms with Crippen molar-refractivity contribution in [1.82, 2.24) is 9.88 Å². The normalized spacial score (nSPS) is 28.0. The van der Waals surface area contributed by atoms with E-state index in [2.05, 4.69) is 16.4 Å². The molecular weight excluding hydrogens is 426 g/mol. The first-order chi connectivity index (χ1) is 15.6. The lowest BCUT2D eigenvalue weighted by atomic mass is 9.77. The monoisotopic (exact) mass is 447 g/mol. The Morgan fingerprint density at radius 2 is 2.03 bits per heavy atom. The molecule has 7 heteroatoms. The van der Waals surface area contributed by atoms with Crippen LogP contribution >= 0.6 is 11.6 Å². The van der Waals surface area contributed by atoms with Crippen molar-refractivity contribution in [2.24, 2.45) is 11.8 Å². The number of hydrogen-bond donors (Lipinski definition) is 2. The van der Waals surface area contributed by atoms with E-state index in [0.29, 0.717) is 23.8 Å². The van der Waals surface area contributed by atoms with E-state index in [9.17, 15) is 9.59 Å². The van der Waals surface area contributed by atoms with Gasteiger partial charge in [0.2, 0.25) is 11.8 Å². The zero-order valence-electron chi connectivity index (χ0n) is 17.3. The standard InChI is InChI=1S/C25H22ClN3O3/c26-17-6-2-4-8-19(17)28-23(30)21-20-9-11-25(32-20)14-29(24(31)22(21)25)12-10-15-13-27-18-7-3-1-5-16(15)18/h1-9,11,13,20-22,27H,10,12,14H2,(H,28,30). The zero-order chi connectivity index (χ0) is 21.9. The molecule has 3 aliphatic rings. The van der Waals surface area contributed by atoms with E-state index in [1.807, 2.05) is 53.6 Å². The Bertz CT molecular complexity index is 1270. The summed E-state index contributed by atoms with van der Waals surface area (Å²) in [6.45, 7) is 1.06. The van der Waals surface area contributed by atoms with E-state index < -0.39 is 17.4 Å². The average Bonchev–Trinajstić information content (AvgIpc) is 3.54. The number of hydrogen-bond acceptors (Lipinski definition) is 3. The molecule has 4 atom stereocenters. The molecule has 6 rings (SSSR count). The Balaban J connectivity index is 1.21. The van der Waals surface area contributed by atoms with Gasteiger partial charge in [0.25, 0.3) is 0 Å². The number of anilines is 1. The van der Waals surface area contributed by atoms with Gasteiger partial charge >= 0.3 is 0 Å². The van der Waals surface area contributed by atoms with Gasteiger partial charge in [0.05, 0.1) is 35.2 Å². The molecule has 1 aromatic heterocycles. The van der Waals surface area contributed by atoms with Gasteiger partial charge in [-0.3, -0.25) is 9.59 Å². The Morgan fingerprint density at radius 1 is 1.22 bits per heavy atom. The van der Waals surface area contributed by atoms with Crippen molar-refractivity contribution in [2.45, 2.75) is 18.1 Å². The van der Waals surface area contributed by atoms with Crippen LogP contribution in [0.4, 0.5) is 5.69 Å². The lowest BCUT2D eigenvalue weighted by molar-refractivity contribution is -0.135. The highest BCUT2D eigenvalue weighted by Gasteiger charge is 2.66. The van der Waals surface area contributed by atoms with Gasteiger partial charge in [-0.15, -0.1) is 0 Å². The summed E-state index contributed by atoms with van der Waals surface area (Å²) in [5.41, 5.74) is 2.09. The first kappa shape index (κ1) is 19.6. The second kappa shape index (κ2) is 7.22. The number of fused-ring (bicyclic) bond motifs is 2. The van der Waals surface area contributed by atoms with Gasteiger partial charge < -0.3 is 19.9 Å². The molecule has 0 radical (unpaired) electrons. The second-order valence-electron chi connectivity index (χ2n) is 8.74.